The van der Waals surface area contributed by atoms with E-state index >= 15 is 0 Å². The molecule has 4 rings (SSSR count). The van der Waals surface area contributed by atoms with E-state index in [1.165, 1.54) is 5.57 Å². The Morgan fingerprint density at radius 2 is 2.00 bits per heavy atom. The minimum atomic E-state index is -0.373. The smallest absolute Gasteiger partial charge is 0.410 e. The van der Waals surface area contributed by atoms with E-state index in [1.54, 1.807) is 12.0 Å². The molecule has 2 amide bonds. The maximum Gasteiger partial charge on any atom is 0.410 e. The molecule has 1 unspecified atom stereocenters. The molecule has 4 aliphatic rings. The van der Waals surface area contributed by atoms with Gasteiger partial charge in [0, 0.05) is 26.7 Å². The first-order valence-electron chi connectivity index (χ1n) is 11.4. The normalized spacial score (nSPS) is 38.9. The summed E-state index contributed by atoms with van der Waals surface area (Å²) in [7, 11) is 1.67. The summed E-state index contributed by atoms with van der Waals surface area (Å²) in [5, 5.41) is 2.80. The second kappa shape index (κ2) is 8.37. The van der Waals surface area contributed by atoms with Crippen molar-refractivity contribution in [3.8, 4) is 0 Å². The summed E-state index contributed by atoms with van der Waals surface area (Å²) in [6, 6.07) is 0. The van der Waals surface area contributed by atoms with Crippen LogP contribution in [-0.2, 0) is 23.7 Å². The van der Waals surface area contributed by atoms with Crippen LogP contribution in [0.2, 0.25) is 0 Å². The zero-order valence-corrected chi connectivity index (χ0v) is 19.3. The Kier molecular flexibility index (Phi) is 6.09. The van der Waals surface area contributed by atoms with Crippen molar-refractivity contribution in [3.63, 3.8) is 0 Å². The summed E-state index contributed by atoms with van der Waals surface area (Å²) in [5.74, 6) is -0.151. The molecule has 3 saturated heterocycles. The number of carbonyl (C=O) groups is 2. The number of allylic oxidation sites excluding steroid dienone is 1. The molecule has 31 heavy (non-hydrogen) atoms. The molecule has 1 saturated carbocycles. The first-order valence-corrected chi connectivity index (χ1v) is 11.4. The van der Waals surface area contributed by atoms with Crippen molar-refractivity contribution < 1.29 is 28.5 Å². The molecule has 6 atom stereocenters. The van der Waals surface area contributed by atoms with Crippen LogP contribution in [0.25, 0.3) is 0 Å². The highest BCUT2D eigenvalue weighted by atomic mass is 16.6. The number of likely N-dealkylation sites (tertiary alicyclic amines) is 1. The molecule has 0 radical (unpaired) electrons. The van der Waals surface area contributed by atoms with Gasteiger partial charge in [0.05, 0.1) is 24.5 Å². The molecule has 0 bridgehead atoms. The first-order chi connectivity index (χ1) is 14.7. The van der Waals surface area contributed by atoms with Gasteiger partial charge in [0.1, 0.15) is 23.4 Å². The van der Waals surface area contributed by atoms with E-state index in [0.29, 0.717) is 32.7 Å². The third-order valence-corrected chi connectivity index (χ3v) is 7.35. The summed E-state index contributed by atoms with van der Waals surface area (Å²) in [6.07, 6.45) is 3.69. The predicted molar refractivity (Wildman–Crippen MR) is 114 cm³/mol. The third-order valence-electron chi connectivity index (χ3n) is 7.35. The second-order valence-corrected chi connectivity index (χ2v) is 9.80. The van der Waals surface area contributed by atoms with E-state index in [-0.39, 0.29) is 53.4 Å². The number of amides is 2. The molecule has 1 N–H and O–H groups in total. The van der Waals surface area contributed by atoms with E-state index < -0.39 is 0 Å². The fraction of sp³-hybridized carbons (Fsp3) is 0.826. The summed E-state index contributed by atoms with van der Waals surface area (Å²) >= 11 is 0. The maximum absolute atomic E-state index is 12.7. The highest BCUT2D eigenvalue weighted by Crippen LogP contribution is 2.59. The van der Waals surface area contributed by atoms with Gasteiger partial charge in [-0.1, -0.05) is 11.6 Å². The molecule has 3 heterocycles. The van der Waals surface area contributed by atoms with Crippen LogP contribution in [0.5, 0.6) is 0 Å². The van der Waals surface area contributed by atoms with Crippen molar-refractivity contribution in [1.29, 1.82) is 0 Å². The topological polar surface area (TPSA) is 92.9 Å². The average molecular weight is 437 g/mol. The monoisotopic (exact) mass is 436 g/mol. The lowest BCUT2D eigenvalue weighted by Gasteiger charge is -2.44. The largest absolute Gasteiger partial charge is 0.443 e. The van der Waals surface area contributed by atoms with Crippen LogP contribution in [0.15, 0.2) is 11.6 Å². The minimum Gasteiger partial charge on any atom is -0.443 e. The van der Waals surface area contributed by atoms with Crippen LogP contribution in [0.1, 0.15) is 47.0 Å². The van der Waals surface area contributed by atoms with Gasteiger partial charge in [-0.3, -0.25) is 4.79 Å². The highest BCUT2D eigenvalue weighted by Gasteiger charge is 2.72. The van der Waals surface area contributed by atoms with Crippen LogP contribution in [0.4, 0.5) is 4.79 Å². The number of carbonyl (C=O) groups excluding carboxylic acids is 2. The molecule has 0 aromatic rings. The number of hydrogen-bond donors (Lipinski definition) is 1. The Hall–Kier alpha value is -1.64. The minimum absolute atomic E-state index is 0.00610. The van der Waals surface area contributed by atoms with Crippen molar-refractivity contribution in [3.05, 3.63) is 11.6 Å². The number of nitrogens with zero attached hydrogens (tertiary/aromatic N) is 1. The first kappa shape index (κ1) is 22.6. The fourth-order valence-corrected chi connectivity index (χ4v) is 5.39. The summed E-state index contributed by atoms with van der Waals surface area (Å²) in [5.41, 5.74) is 0.682. The molecule has 3 aliphatic heterocycles. The fourth-order valence-electron chi connectivity index (χ4n) is 5.39. The lowest BCUT2D eigenvalue weighted by atomic mass is 9.68. The van der Waals surface area contributed by atoms with Gasteiger partial charge in [-0.05, 0) is 47.0 Å². The van der Waals surface area contributed by atoms with Crippen LogP contribution < -0.4 is 5.32 Å². The molecule has 4 fully saturated rings. The van der Waals surface area contributed by atoms with Crippen LogP contribution in [0.3, 0.4) is 0 Å². The Bertz CT molecular complexity index is 740. The Morgan fingerprint density at radius 1 is 1.29 bits per heavy atom. The summed E-state index contributed by atoms with van der Waals surface area (Å²) < 4.78 is 24.0. The van der Waals surface area contributed by atoms with Gasteiger partial charge in [-0.25, -0.2) is 4.79 Å². The van der Waals surface area contributed by atoms with E-state index in [4.69, 9.17) is 18.9 Å². The molecule has 8 nitrogen and oxygen atoms in total. The van der Waals surface area contributed by atoms with Crippen molar-refractivity contribution >= 4 is 12.0 Å². The summed E-state index contributed by atoms with van der Waals surface area (Å²) in [4.78, 5) is 26.2. The SMILES string of the molecule is CCNC(=O)C1CN(C(=O)O[C@@H]2CC[C@]3(CO3)C([C@@]3(C)O[C@@H]3CC=C(C)C)[C@@H]2OC)C1. The Balaban J connectivity index is 1.39. The summed E-state index contributed by atoms with van der Waals surface area (Å²) in [6.45, 7) is 10.3. The maximum atomic E-state index is 12.7. The number of ether oxygens (including phenoxy) is 4. The van der Waals surface area contributed by atoms with Gasteiger partial charge in [0.15, 0.2) is 0 Å². The third kappa shape index (κ3) is 4.22. The number of rotatable bonds is 7. The van der Waals surface area contributed by atoms with Gasteiger partial charge in [-0.15, -0.1) is 0 Å². The molecule has 174 valence electrons. The second-order valence-electron chi connectivity index (χ2n) is 9.80. The molecule has 0 aromatic carbocycles. The predicted octanol–water partition coefficient (Wildman–Crippen LogP) is 2.27. The molecule has 8 heteroatoms. The van der Waals surface area contributed by atoms with Crippen molar-refractivity contribution in [2.24, 2.45) is 11.8 Å². The lowest BCUT2D eigenvalue weighted by Crippen LogP contribution is -2.59. The van der Waals surface area contributed by atoms with Crippen LogP contribution in [-0.4, -0.2) is 79.8 Å². The number of methoxy groups -OCH3 is 1. The van der Waals surface area contributed by atoms with Crippen molar-refractivity contribution in [2.75, 3.05) is 33.4 Å². The number of epoxide rings is 2. The zero-order valence-electron chi connectivity index (χ0n) is 19.3. The van der Waals surface area contributed by atoms with E-state index in [0.717, 1.165) is 12.8 Å². The lowest BCUT2D eigenvalue weighted by molar-refractivity contribution is -0.134. The van der Waals surface area contributed by atoms with Crippen LogP contribution in [0, 0.1) is 11.8 Å². The molecule has 0 aromatic heterocycles. The molecule has 1 aliphatic carbocycles. The van der Waals surface area contributed by atoms with Gasteiger partial charge < -0.3 is 29.2 Å². The Morgan fingerprint density at radius 3 is 2.58 bits per heavy atom. The van der Waals surface area contributed by atoms with Gasteiger partial charge >= 0.3 is 6.09 Å². The van der Waals surface area contributed by atoms with E-state index in [1.807, 2.05) is 6.92 Å². The zero-order chi connectivity index (χ0) is 22.4. The van der Waals surface area contributed by atoms with Crippen LogP contribution >= 0.6 is 0 Å². The number of nitrogens with one attached hydrogen (secondary N) is 1. The number of hydrogen-bond acceptors (Lipinski definition) is 6. The molecular formula is C23H36N2O6. The molecular weight excluding hydrogens is 400 g/mol. The van der Waals surface area contributed by atoms with Gasteiger partial charge in [0.2, 0.25) is 5.91 Å². The highest BCUT2D eigenvalue weighted by molar-refractivity contribution is 5.82. The molecule has 1 spiro atoms. The standard InChI is InChI=1S/C23H36N2O6/c1-6-24-20(26)15-11-25(12-15)21(27)30-16-9-10-23(13-29-23)19(18(16)28-5)22(4)17(31-22)8-7-14(2)3/h7,15-19H,6,8-13H2,1-5H3,(H,24,26)/t16-,17-,18-,19?,22+,23+/m1/s1. The quantitative estimate of drug-likeness (QED) is 0.486. The Labute approximate surface area is 184 Å². The van der Waals surface area contributed by atoms with E-state index in [2.05, 4.69) is 32.2 Å². The average Bonchev–Trinajstić information content (AvgIpc) is 3.58. The van der Waals surface area contributed by atoms with Crippen molar-refractivity contribution in [2.45, 2.75) is 76.5 Å². The van der Waals surface area contributed by atoms with Crippen molar-refractivity contribution in [1.82, 2.24) is 10.2 Å². The van der Waals surface area contributed by atoms with Gasteiger partial charge in [-0.2, -0.15) is 0 Å². The van der Waals surface area contributed by atoms with Gasteiger partial charge in [0.25, 0.3) is 0 Å². The van der Waals surface area contributed by atoms with E-state index in [9.17, 15) is 9.59 Å².